The van der Waals surface area contributed by atoms with Crippen LogP contribution in [0.1, 0.15) is 37.4 Å². The van der Waals surface area contributed by atoms with Gasteiger partial charge >= 0.3 is 0 Å². The molecular formula is C16H23N5O3. The molecule has 2 aliphatic rings. The zero-order valence-electron chi connectivity index (χ0n) is 14.1. The summed E-state index contributed by atoms with van der Waals surface area (Å²) in [5.41, 5.74) is 7.90. The highest BCUT2D eigenvalue weighted by atomic mass is 16.6. The number of likely N-dealkylation sites (tertiary alicyclic amines) is 1. The lowest BCUT2D eigenvalue weighted by Crippen LogP contribution is -2.45. The van der Waals surface area contributed by atoms with Gasteiger partial charge in [0.15, 0.2) is 0 Å². The van der Waals surface area contributed by atoms with Gasteiger partial charge in [-0.2, -0.15) is 5.10 Å². The third kappa shape index (κ3) is 3.13. The smallest absolute Gasteiger partial charge is 0.266 e. The highest BCUT2D eigenvalue weighted by Crippen LogP contribution is 2.23. The highest BCUT2D eigenvalue weighted by molar-refractivity contribution is 6.04. The van der Waals surface area contributed by atoms with Crippen molar-refractivity contribution in [2.75, 3.05) is 13.1 Å². The summed E-state index contributed by atoms with van der Waals surface area (Å²) in [4.78, 5) is 30.9. The molecule has 130 valence electrons. The van der Waals surface area contributed by atoms with Crippen molar-refractivity contribution in [3.8, 4) is 0 Å². The highest BCUT2D eigenvalue weighted by Gasteiger charge is 2.35. The predicted molar refractivity (Wildman–Crippen MR) is 87.2 cm³/mol. The number of hydrogen-bond donors (Lipinski definition) is 1. The number of nitrogens with two attached hydrogens (primary N) is 1. The van der Waals surface area contributed by atoms with Gasteiger partial charge in [0.25, 0.3) is 5.91 Å². The van der Waals surface area contributed by atoms with Crippen LogP contribution in [-0.4, -0.2) is 51.4 Å². The van der Waals surface area contributed by atoms with Crippen molar-refractivity contribution in [1.29, 1.82) is 0 Å². The molecule has 0 spiro atoms. The van der Waals surface area contributed by atoms with Crippen LogP contribution in [0, 0.1) is 12.8 Å². The molecule has 3 rings (SSSR count). The van der Waals surface area contributed by atoms with E-state index in [-0.39, 0.29) is 17.7 Å². The average molecular weight is 333 g/mol. The van der Waals surface area contributed by atoms with Crippen LogP contribution in [0.2, 0.25) is 0 Å². The third-order valence-corrected chi connectivity index (χ3v) is 4.73. The lowest BCUT2D eigenvalue weighted by atomic mass is 9.95. The number of primary amides is 1. The average Bonchev–Trinajstić information content (AvgIpc) is 3.20. The Balaban J connectivity index is 1.59. The van der Waals surface area contributed by atoms with Gasteiger partial charge in [0, 0.05) is 43.7 Å². The maximum atomic E-state index is 12.6. The predicted octanol–water partition coefficient (Wildman–Crippen LogP) is 0.428. The Kier molecular flexibility index (Phi) is 4.55. The minimum atomic E-state index is -0.588. The van der Waals surface area contributed by atoms with E-state index in [1.807, 2.05) is 24.7 Å². The van der Waals surface area contributed by atoms with E-state index in [9.17, 15) is 9.59 Å². The number of nitrogens with zero attached hydrogens (tertiary/aromatic N) is 4. The van der Waals surface area contributed by atoms with E-state index in [4.69, 9.17) is 10.6 Å². The molecule has 0 aromatic carbocycles. The molecule has 8 heteroatoms. The number of carbonyl (C=O) groups excluding carboxylic acids is 2. The fraction of sp³-hybridized carbons (Fsp3) is 0.625. The van der Waals surface area contributed by atoms with E-state index in [1.54, 1.807) is 4.90 Å². The van der Waals surface area contributed by atoms with Gasteiger partial charge in [0.1, 0.15) is 0 Å². The minimum absolute atomic E-state index is 0.0720. The van der Waals surface area contributed by atoms with Crippen molar-refractivity contribution in [3.63, 3.8) is 0 Å². The summed E-state index contributed by atoms with van der Waals surface area (Å²) in [6.45, 7) is 5.80. The molecule has 0 bridgehead atoms. The first-order valence-corrected chi connectivity index (χ1v) is 8.34. The van der Waals surface area contributed by atoms with Gasteiger partial charge in [0.05, 0.1) is 11.4 Å². The van der Waals surface area contributed by atoms with Crippen molar-refractivity contribution in [2.45, 2.75) is 45.8 Å². The molecule has 1 unspecified atom stereocenters. The van der Waals surface area contributed by atoms with Crippen LogP contribution in [-0.2, 0) is 21.0 Å². The standard InChI is InChI=1S/C16H23N5O3/c1-3-21-9-12(10(2)18-21)13-8-14(24-19-13)16(23)20-6-4-11(5-7-20)15(17)22/h9,11,14H,3-8H2,1-2H3,(H2,17,22). The normalized spacial score (nSPS) is 21.5. The van der Waals surface area contributed by atoms with E-state index in [0.29, 0.717) is 32.4 Å². The lowest BCUT2D eigenvalue weighted by Gasteiger charge is -2.31. The fourth-order valence-electron chi connectivity index (χ4n) is 3.22. The van der Waals surface area contributed by atoms with E-state index >= 15 is 0 Å². The molecule has 0 radical (unpaired) electrons. The monoisotopic (exact) mass is 333 g/mol. The maximum absolute atomic E-state index is 12.6. The van der Waals surface area contributed by atoms with Gasteiger partial charge in [0.2, 0.25) is 12.0 Å². The molecule has 0 saturated carbocycles. The van der Waals surface area contributed by atoms with E-state index in [2.05, 4.69) is 10.3 Å². The minimum Gasteiger partial charge on any atom is -0.382 e. The molecule has 2 amide bonds. The lowest BCUT2D eigenvalue weighted by molar-refractivity contribution is -0.144. The molecule has 1 aromatic rings. The largest absolute Gasteiger partial charge is 0.382 e. The number of rotatable bonds is 4. The van der Waals surface area contributed by atoms with Crippen molar-refractivity contribution >= 4 is 17.5 Å². The van der Waals surface area contributed by atoms with Crippen LogP contribution in [0.25, 0.3) is 0 Å². The first-order valence-electron chi connectivity index (χ1n) is 8.34. The molecule has 1 aromatic heterocycles. The molecule has 0 aliphatic carbocycles. The summed E-state index contributed by atoms with van der Waals surface area (Å²) in [5, 5.41) is 8.50. The Morgan fingerprint density at radius 2 is 2.08 bits per heavy atom. The van der Waals surface area contributed by atoms with Gasteiger partial charge in [-0.15, -0.1) is 0 Å². The zero-order chi connectivity index (χ0) is 17.3. The van der Waals surface area contributed by atoms with E-state index < -0.39 is 6.10 Å². The Morgan fingerprint density at radius 1 is 1.38 bits per heavy atom. The molecule has 1 atom stereocenters. The fourth-order valence-corrected chi connectivity index (χ4v) is 3.22. The van der Waals surface area contributed by atoms with Crippen molar-refractivity contribution in [2.24, 2.45) is 16.8 Å². The second-order valence-corrected chi connectivity index (χ2v) is 6.32. The summed E-state index contributed by atoms with van der Waals surface area (Å²) in [7, 11) is 0. The molecule has 8 nitrogen and oxygen atoms in total. The van der Waals surface area contributed by atoms with E-state index in [0.717, 1.165) is 23.5 Å². The van der Waals surface area contributed by atoms with Gasteiger partial charge < -0.3 is 15.5 Å². The Morgan fingerprint density at radius 3 is 2.67 bits per heavy atom. The molecule has 1 fully saturated rings. The van der Waals surface area contributed by atoms with Crippen LogP contribution in [0.4, 0.5) is 0 Å². The van der Waals surface area contributed by atoms with Gasteiger partial charge in [-0.25, -0.2) is 0 Å². The summed E-state index contributed by atoms with van der Waals surface area (Å²) in [6, 6.07) is 0. The van der Waals surface area contributed by atoms with E-state index in [1.165, 1.54) is 0 Å². The SMILES string of the molecule is CCn1cc(C2=NOC(C(=O)N3CCC(C(N)=O)CC3)C2)c(C)n1. The number of aromatic nitrogens is 2. The summed E-state index contributed by atoms with van der Waals surface area (Å²) in [6.07, 6.45) is 3.02. The van der Waals surface area contributed by atoms with Gasteiger partial charge in [-0.05, 0) is 26.7 Å². The second-order valence-electron chi connectivity index (χ2n) is 6.32. The molecule has 2 N–H and O–H groups in total. The number of hydrogen-bond acceptors (Lipinski definition) is 5. The number of oxime groups is 1. The molecule has 2 aliphatic heterocycles. The van der Waals surface area contributed by atoms with Gasteiger partial charge in [-0.1, -0.05) is 5.16 Å². The second kappa shape index (κ2) is 6.62. The molecule has 24 heavy (non-hydrogen) atoms. The van der Waals surface area contributed by atoms with Crippen LogP contribution in [0.15, 0.2) is 11.4 Å². The Bertz CT molecular complexity index is 673. The summed E-state index contributed by atoms with van der Waals surface area (Å²) >= 11 is 0. The molecule has 3 heterocycles. The molecular weight excluding hydrogens is 310 g/mol. The van der Waals surface area contributed by atoms with Crippen molar-refractivity contribution in [3.05, 3.63) is 17.5 Å². The maximum Gasteiger partial charge on any atom is 0.266 e. The number of piperidine rings is 1. The topological polar surface area (TPSA) is 103 Å². The number of carbonyl (C=O) groups is 2. The van der Waals surface area contributed by atoms with Gasteiger partial charge in [-0.3, -0.25) is 14.3 Å². The van der Waals surface area contributed by atoms with Crippen LogP contribution in [0.3, 0.4) is 0 Å². The summed E-state index contributed by atoms with van der Waals surface area (Å²) in [5.74, 6) is -0.488. The Hall–Kier alpha value is -2.38. The summed E-state index contributed by atoms with van der Waals surface area (Å²) < 4.78 is 1.84. The number of amides is 2. The van der Waals surface area contributed by atoms with Crippen LogP contribution < -0.4 is 5.73 Å². The third-order valence-electron chi connectivity index (χ3n) is 4.73. The first kappa shape index (κ1) is 16.5. The van der Waals surface area contributed by atoms with Crippen molar-refractivity contribution in [1.82, 2.24) is 14.7 Å². The molecule has 1 saturated heterocycles. The quantitative estimate of drug-likeness (QED) is 0.863. The zero-order valence-corrected chi connectivity index (χ0v) is 14.1. The van der Waals surface area contributed by atoms with Crippen LogP contribution in [0.5, 0.6) is 0 Å². The Labute approximate surface area is 140 Å². The van der Waals surface area contributed by atoms with Crippen molar-refractivity contribution < 1.29 is 14.4 Å². The number of aryl methyl sites for hydroxylation is 2. The van der Waals surface area contributed by atoms with Crippen LogP contribution >= 0.6 is 0 Å². The first-order chi connectivity index (χ1) is 11.5.